The molecule has 1 saturated carbocycles. The largest absolute Gasteiger partial charge is 0.339 e. The number of sulfonamides is 1. The summed E-state index contributed by atoms with van der Waals surface area (Å²) in [5.74, 6) is -0.726. The van der Waals surface area contributed by atoms with Gasteiger partial charge in [-0.25, -0.2) is 17.5 Å². The maximum Gasteiger partial charge on any atom is 0.256 e. The van der Waals surface area contributed by atoms with E-state index < -0.39 is 21.7 Å². The van der Waals surface area contributed by atoms with Gasteiger partial charge in [-0.1, -0.05) is 37.3 Å². The van der Waals surface area contributed by atoms with Gasteiger partial charge < -0.3 is 4.90 Å². The molecule has 3 rings (SSSR count). The zero-order chi connectivity index (χ0) is 21.0. The number of nitrogens with zero attached hydrogens (tertiary/aromatic N) is 1. The smallest absolute Gasteiger partial charge is 0.256 e. The molecule has 1 N–H and O–H groups in total. The molecule has 2 aromatic rings. The van der Waals surface area contributed by atoms with Gasteiger partial charge in [-0.15, -0.1) is 0 Å². The van der Waals surface area contributed by atoms with Crippen molar-refractivity contribution in [3.05, 3.63) is 65.5 Å². The van der Waals surface area contributed by atoms with E-state index in [2.05, 4.69) is 16.9 Å². The van der Waals surface area contributed by atoms with Crippen LogP contribution < -0.4 is 4.72 Å². The molecule has 5 nitrogen and oxygen atoms in total. The Morgan fingerprint density at radius 1 is 1.10 bits per heavy atom. The second-order valence-corrected chi connectivity index (χ2v) is 9.24. The zero-order valence-electron chi connectivity index (χ0n) is 16.8. The Morgan fingerprint density at radius 3 is 2.38 bits per heavy atom. The van der Waals surface area contributed by atoms with Crippen molar-refractivity contribution in [2.24, 2.45) is 0 Å². The second-order valence-electron chi connectivity index (χ2n) is 7.48. The van der Waals surface area contributed by atoms with Crippen molar-refractivity contribution >= 4 is 15.9 Å². The summed E-state index contributed by atoms with van der Waals surface area (Å²) in [6.45, 7) is 1.88. The van der Waals surface area contributed by atoms with E-state index in [0.29, 0.717) is 5.92 Å². The molecule has 0 bridgehead atoms. The van der Waals surface area contributed by atoms with E-state index in [4.69, 9.17) is 0 Å². The number of carbonyl (C=O) groups excluding carboxylic acids is 1. The van der Waals surface area contributed by atoms with E-state index in [-0.39, 0.29) is 23.0 Å². The Morgan fingerprint density at radius 2 is 1.76 bits per heavy atom. The van der Waals surface area contributed by atoms with Crippen LogP contribution in [0.5, 0.6) is 0 Å². The molecule has 0 saturated heterocycles. The van der Waals surface area contributed by atoms with Crippen molar-refractivity contribution in [3.63, 3.8) is 0 Å². The van der Waals surface area contributed by atoms with Crippen LogP contribution in [-0.4, -0.2) is 38.9 Å². The average Bonchev–Trinajstić information content (AvgIpc) is 2.73. The molecule has 0 atom stereocenters. The van der Waals surface area contributed by atoms with Gasteiger partial charge in [-0.3, -0.25) is 4.79 Å². The van der Waals surface area contributed by atoms with Gasteiger partial charge in [0.1, 0.15) is 5.82 Å². The first kappa shape index (κ1) is 21.5. The molecule has 0 spiro atoms. The zero-order valence-corrected chi connectivity index (χ0v) is 17.6. The number of amides is 1. The van der Waals surface area contributed by atoms with Gasteiger partial charge in [0.05, 0.1) is 10.5 Å². The molecule has 156 valence electrons. The highest BCUT2D eigenvalue weighted by atomic mass is 32.2. The van der Waals surface area contributed by atoms with Crippen LogP contribution in [0.2, 0.25) is 0 Å². The SMILES string of the molecule is CCNS(=O)(=O)c1ccc(F)c(C(=O)N(C)C2CCC(c3ccccc3)CC2)c1. The minimum absolute atomic E-state index is 0.0101. The van der Waals surface area contributed by atoms with E-state index >= 15 is 0 Å². The number of rotatable bonds is 6. The van der Waals surface area contributed by atoms with Crippen LogP contribution in [0.25, 0.3) is 0 Å². The fraction of sp³-hybridized carbons (Fsp3) is 0.409. The Balaban J connectivity index is 1.72. The molecule has 0 radical (unpaired) electrons. The topological polar surface area (TPSA) is 66.5 Å². The van der Waals surface area contributed by atoms with Crippen LogP contribution in [0.15, 0.2) is 53.4 Å². The number of hydrogen-bond acceptors (Lipinski definition) is 3. The van der Waals surface area contributed by atoms with Gasteiger partial charge in [0.25, 0.3) is 5.91 Å². The molecule has 0 unspecified atom stereocenters. The van der Waals surface area contributed by atoms with Crippen LogP contribution in [-0.2, 0) is 10.0 Å². The highest BCUT2D eigenvalue weighted by Gasteiger charge is 2.29. The predicted octanol–water partition coefficient (Wildman–Crippen LogP) is 3.92. The van der Waals surface area contributed by atoms with Crippen molar-refractivity contribution in [1.29, 1.82) is 0 Å². The Labute approximate surface area is 172 Å². The minimum Gasteiger partial charge on any atom is -0.339 e. The van der Waals surface area contributed by atoms with Gasteiger partial charge in [-0.05, 0) is 55.4 Å². The summed E-state index contributed by atoms with van der Waals surface area (Å²) in [4.78, 5) is 14.4. The first-order chi connectivity index (χ1) is 13.8. The van der Waals surface area contributed by atoms with Crippen molar-refractivity contribution in [2.45, 2.75) is 49.5 Å². The number of carbonyl (C=O) groups is 1. The average molecular weight is 419 g/mol. The standard InChI is InChI=1S/C22H27FN2O3S/c1-3-24-29(27,28)19-13-14-21(23)20(15-19)22(26)25(2)18-11-9-17(10-12-18)16-7-5-4-6-8-16/h4-8,13-15,17-18,24H,3,9-12H2,1-2H3. The van der Waals surface area contributed by atoms with Gasteiger partial charge >= 0.3 is 0 Å². The number of nitrogens with one attached hydrogen (secondary N) is 1. The van der Waals surface area contributed by atoms with E-state index in [9.17, 15) is 17.6 Å². The fourth-order valence-corrected chi connectivity index (χ4v) is 5.05. The van der Waals surface area contributed by atoms with Crippen molar-refractivity contribution in [3.8, 4) is 0 Å². The molecule has 0 heterocycles. The third-order valence-electron chi connectivity index (χ3n) is 5.65. The maximum absolute atomic E-state index is 14.3. The van der Waals surface area contributed by atoms with Crippen LogP contribution in [0.3, 0.4) is 0 Å². The van der Waals surface area contributed by atoms with E-state index in [1.54, 1.807) is 18.9 Å². The Kier molecular flexibility index (Phi) is 6.70. The molecule has 1 fully saturated rings. The molecule has 1 aliphatic carbocycles. The lowest BCUT2D eigenvalue weighted by molar-refractivity contribution is 0.0684. The van der Waals surface area contributed by atoms with E-state index in [1.807, 2.05) is 18.2 Å². The highest BCUT2D eigenvalue weighted by Crippen LogP contribution is 2.34. The van der Waals surface area contributed by atoms with Crippen LogP contribution in [0.1, 0.15) is 54.4 Å². The van der Waals surface area contributed by atoms with Crippen LogP contribution in [0, 0.1) is 5.82 Å². The van der Waals surface area contributed by atoms with Gasteiger partial charge in [0.15, 0.2) is 0 Å². The summed E-state index contributed by atoms with van der Waals surface area (Å²) in [5.41, 5.74) is 1.10. The predicted molar refractivity (Wildman–Crippen MR) is 111 cm³/mol. The first-order valence-electron chi connectivity index (χ1n) is 9.94. The minimum atomic E-state index is -3.76. The maximum atomic E-state index is 14.3. The lowest BCUT2D eigenvalue weighted by Gasteiger charge is -2.35. The third kappa shape index (κ3) is 4.85. The summed E-state index contributed by atoms with van der Waals surface area (Å²) in [7, 11) is -2.09. The van der Waals surface area contributed by atoms with Crippen LogP contribution in [0.4, 0.5) is 4.39 Å². The van der Waals surface area contributed by atoms with Crippen molar-refractivity contribution in [2.75, 3.05) is 13.6 Å². The van der Waals surface area contributed by atoms with Crippen molar-refractivity contribution in [1.82, 2.24) is 9.62 Å². The van der Waals surface area contributed by atoms with Gasteiger partial charge in [0, 0.05) is 19.6 Å². The summed E-state index contributed by atoms with van der Waals surface area (Å²) in [6.07, 6.45) is 3.59. The highest BCUT2D eigenvalue weighted by molar-refractivity contribution is 7.89. The number of hydrogen-bond donors (Lipinski definition) is 1. The molecular weight excluding hydrogens is 391 g/mol. The molecular formula is C22H27FN2O3S. The van der Waals surface area contributed by atoms with E-state index in [1.165, 1.54) is 11.6 Å². The molecule has 7 heteroatoms. The van der Waals surface area contributed by atoms with Crippen LogP contribution >= 0.6 is 0 Å². The second kappa shape index (κ2) is 9.05. The Hall–Kier alpha value is -2.25. The van der Waals surface area contributed by atoms with Gasteiger partial charge in [-0.2, -0.15) is 0 Å². The molecule has 2 aromatic carbocycles. The normalized spacial score (nSPS) is 19.7. The lowest BCUT2D eigenvalue weighted by Crippen LogP contribution is -2.39. The molecule has 1 aliphatic rings. The molecule has 1 amide bonds. The lowest BCUT2D eigenvalue weighted by atomic mass is 9.81. The number of benzene rings is 2. The monoisotopic (exact) mass is 418 g/mol. The summed E-state index contributed by atoms with van der Waals surface area (Å²) < 4.78 is 41.1. The summed E-state index contributed by atoms with van der Waals surface area (Å²) in [5, 5.41) is 0. The van der Waals surface area contributed by atoms with E-state index in [0.717, 1.165) is 37.8 Å². The third-order valence-corrected chi connectivity index (χ3v) is 7.19. The van der Waals surface area contributed by atoms with Gasteiger partial charge in [0.2, 0.25) is 10.0 Å². The fourth-order valence-electron chi connectivity index (χ4n) is 3.99. The van der Waals surface area contributed by atoms with Crippen molar-refractivity contribution < 1.29 is 17.6 Å². The number of halogens is 1. The first-order valence-corrected chi connectivity index (χ1v) is 11.4. The quantitative estimate of drug-likeness (QED) is 0.773. The molecule has 0 aromatic heterocycles. The summed E-state index contributed by atoms with van der Waals surface area (Å²) in [6, 6.07) is 13.7. The Bertz CT molecular complexity index is 955. The molecule has 29 heavy (non-hydrogen) atoms. The molecule has 0 aliphatic heterocycles. The summed E-state index contributed by atoms with van der Waals surface area (Å²) >= 11 is 0.